The molecule has 0 aliphatic heterocycles. The second kappa shape index (κ2) is 12.2. The van der Waals surface area contributed by atoms with Crippen LogP contribution in [0.15, 0.2) is 78.9 Å². The van der Waals surface area contributed by atoms with E-state index in [1.807, 2.05) is 87.5 Å². The van der Waals surface area contributed by atoms with Crippen LogP contribution >= 0.6 is 11.6 Å². The number of benzene rings is 3. The Kier molecular flexibility index (Phi) is 9.11. The Morgan fingerprint density at radius 1 is 0.912 bits per heavy atom. The fourth-order valence-corrected chi connectivity index (χ4v) is 3.71. The minimum Gasteiger partial charge on any atom is -0.484 e. The minimum atomic E-state index is -0.699. The van der Waals surface area contributed by atoms with Gasteiger partial charge in [0.15, 0.2) is 6.61 Å². The third kappa shape index (κ3) is 7.63. The number of ether oxygens (including phenoxy) is 1. The molecule has 0 aliphatic rings. The Bertz CT molecular complexity index is 1070. The molecule has 1 N–H and O–H groups in total. The molecule has 0 bridgehead atoms. The maximum absolute atomic E-state index is 13.5. The third-order valence-corrected chi connectivity index (χ3v) is 5.60. The molecule has 6 heteroatoms. The zero-order valence-corrected chi connectivity index (χ0v) is 20.6. The second-order valence-electron chi connectivity index (χ2n) is 8.62. The van der Waals surface area contributed by atoms with Crippen molar-refractivity contribution in [2.45, 2.75) is 45.8 Å². The molecule has 0 aliphatic carbocycles. The Hall–Kier alpha value is -3.31. The average molecular weight is 479 g/mol. The number of carbonyl (C=O) groups is 2. The van der Waals surface area contributed by atoms with Gasteiger partial charge in [-0.3, -0.25) is 9.59 Å². The standard InChI is InChI=1S/C28H31ClN2O3/c1-20(2)30-28(33)26(17-22-7-5-4-6-8-22)31(18-23-11-13-24(29)14-12-23)27(32)19-34-25-15-9-21(3)10-16-25/h4-16,20,26H,17-19H2,1-3H3,(H,30,33). The molecule has 0 radical (unpaired) electrons. The van der Waals surface area contributed by atoms with Gasteiger partial charge in [-0.15, -0.1) is 0 Å². The van der Waals surface area contributed by atoms with Gasteiger partial charge in [-0.05, 0) is 56.2 Å². The minimum absolute atomic E-state index is 0.0536. The normalized spacial score (nSPS) is 11.7. The van der Waals surface area contributed by atoms with E-state index in [2.05, 4.69) is 5.32 Å². The van der Waals surface area contributed by atoms with Crippen LogP contribution in [0.25, 0.3) is 0 Å². The number of halogens is 1. The molecule has 0 heterocycles. The average Bonchev–Trinajstić information content (AvgIpc) is 2.82. The van der Waals surface area contributed by atoms with E-state index < -0.39 is 6.04 Å². The summed E-state index contributed by atoms with van der Waals surface area (Å²) < 4.78 is 5.78. The van der Waals surface area contributed by atoms with Crippen LogP contribution < -0.4 is 10.1 Å². The predicted molar refractivity (Wildman–Crippen MR) is 136 cm³/mol. The van der Waals surface area contributed by atoms with E-state index in [1.54, 1.807) is 17.0 Å². The largest absolute Gasteiger partial charge is 0.484 e. The SMILES string of the molecule is Cc1ccc(OCC(=O)N(Cc2ccc(Cl)cc2)C(Cc2ccccc2)C(=O)NC(C)C)cc1. The van der Waals surface area contributed by atoms with Crippen molar-refractivity contribution in [1.82, 2.24) is 10.2 Å². The molecular weight excluding hydrogens is 448 g/mol. The first-order valence-corrected chi connectivity index (χ1v) is 11.8. The molecule has 0 saturated carbocycles. The Labute approximate surface area is 206 Å². The first-order valence-electron chi connectivity index (χ1n) is 11.4. The molecular formula is C28H31ClN2O3. The summed E-state index contributed by atoms with van der Waals surface area (Å²) in [7, 11) is 0. The lowest BCUT2D eigenvalue weighted by atomic mass is 10.0. The van der Waals surface area contributed by atoms with E-state index in [-0.39, 0.29) is 31.0 Å². The molecule has 1 unspecified atom stereocenters. The van der Waals surface area contributed by atoms with Crippen LogP contribution in [0.4, 0.5) is 0 Å². The van der Waals surface area contributed by atoms with Gasteiger partial charge in [-0.1, -0.05) is 71.8 Å². The molecule has 34 heavy (non-hydrogen) atoms. The van der Waals surface area contributed by atoms with Gasteiger partial charge in [0, 0.05) is 24.0 Å². The second-order valence-corrected chi connectivity index (χ2v) is 9.06. The van der Waals surface area contributed by atoms with Gasteiger partial charge in [0.25, 0.3) is 5.91 Å². The molecule has 0 saturated heterocycles. The van der Waals surface area contributed by atoms with Gasteiger partial charge in [0.1, 0.15) is 11.8 Å². The van der Waals surface area contributed by atoms with E-state index in [0.29, 0.717) is 17.2 Å². The lowest BCUT2D eigenvalue weighted by Gasteiger charge is -2.32. The maximum Gasteiger partial charge on any atom is 0.261 e. The zero-order chi connectivity index (χ0) is 24.5. The molecule has 3 aromatic rings. The fourth-order valence-electron chi connectivity index (χ4n) is 3.58. The fraction of sp³-hybridized carbons (Fsp3) is 0.286. The number of hydrogen-bond donors (Lipinski definition) is 1. The van der Waals surface area contributed by atoms with Gasteiger partial charge in [0.05, 0.1) is 0 Å². The molecule has 0 aromatic heterocycles. The first kappa shape index (κ1) is 25.3. The van der Waals surface area contributed by atoms with Crippen LogP contribution in [0.1, 0.15) is 30.5 Å². The van der Waals surface area contributed by atoms with Gasteiger partial charge < -0.3 is 15.0 Å². The number of amides is 2. The highest BCUT2D eigenvalue weighted by Gasteiger charge is 2.31. The highest BCUT2D eigenvalue weighted by Crippen LogP contribution is 2.18. The number of nitrogens with one attached hydrogen (secondary N) is 1. The number of carbonyl (C=O) groups excluding carboxylic acids is 2. The first-order chi connectivity index (χ1) is 16.3. The van der Waals surface area contributed by atoms with Crippen molar-refractivity contribution in [3.05, 3.63) is 101 Å². The van der Waals surface area contributed by atoms with Crippen LogP contribution in [0, 0.1) is 6.92 Å². The lowest BCUT2D eigenvalue weighted by Crippen LogP contribution is -2.52. The molecule has 178 valence electrons. The summed E-state index contributed by atoms with van der Waals surface area (Å²) >= 11 is 6.05. The smallest absolute Gasteiger partial charge is 0.261 e. The summed E-state index contributed by atoms with van der Waals surface area (Å²) in [5, 5.41) is 3.59. The summed E-state index contributed by atoms with van der Waals surface area (Å²) in [4.78, 5) is 28.4. The summed E-state index contributed by atoms with van der Waals surface area (Å²) in [6.45, 7) is 5.89. The van der Waals surface area contributed by atoms with Crippen LogP contribution in [-0.4, -0.2) is 35.4 Å². The van der Waals surface area contributed by atoms with Gasteiger partial charge >= 0.3 is 0 Å². The Balaban J connectivity index is 1.89. The molecule has 1 atom stereocenters. The van der Waals surface area contributed by atoms with Crippen molar-refractivity contribution in [1.29, 1.82) is 0 Å². The zero-order valence-electron chi connectivity index (χ0n) is 19.8. The highest BCUT2D eigenvalue weighted by atomic mass is 35.5. The third-order valence-electron chi connectivity index (χ3n) is 5.35. The summed E-state index contributed by atoms with van der Waals surface area (Å²) in [5.74, 6) is 0.142. The monoisotopic (exact) mass is 478 g/mol. The number of rotatable bonds is 10. The quantitative estimate of drug-likeness (QED) is 0.436. The predicted octanol–water partition coefficient (Wildman–Crippen LogP) is 5.19. The van der Waals surface area contributed by atoms with Crippen molar-refractivity contribution < 1.29 is 14.3 Å². The van der Waals surface area contributed by atoms with E-state index >= 15 is 0 Å². The molecule has 3 aromatic carbocycles. The number of hydrogen-bond acceptors (Lipinski definition) is 3. The van der Waals surface area contributed by atoms with Crippen LogP contribution in [0.3, 0.4) is 0 Å². The molecule has 3 rings (SSSR count). The van der Waals surface area contributed by atoms with E-state index in [1.165, 1.54) is 0 Å². The Morgan fingerprint density at radius 3 is 2.18 bits per heavy atom. The van der Waals surface area contributed by atoms with Gasteiger partial charge in [-0.25, -0.2) is 0 Å². The number of nitrogens with zero attached hydrogens (tertiary/aromatic N) is 1. The van der Waals surface area contributed by atoms with E-state index in [0.717, 1.165) is 16.7 Å². The topological polar surface area (TPSA) is 58.6 Å². The molecule has 0 spiro atoms. The van der Waals surface area contributed by atoms with Crippen molar-refractivity contribution in [2.75, 3.05) is 6.61 Å². The molecule has 2 amide bonds. The summed E-state index contributed by atoms with van der Waals surface area (Å²) in [6, 6.07) is 23.8. The van der Waals surface area contributed by atoms with Crippen LogP contribution in [0.2, 0.25) is 5.02 Å². The highest BCUT2D eigenvalue weighted by molar-refractivity contribution is 6.30. The number of aryl methyl sites for hydroxylation is 1. The van der Waals surface area contributed by atoms with E-state index in [9.17, 15) is 9.59 Å². The van der Waals surface area contributed by atoms with Crippen molar-refractivity contribution in [2.24, 2.45) is 0 Å². The molecule has 0 fully saturated rings. The summed E-state index contributed by atoms with van der Waals surface area (Å²) in [6.07, 6.45) is 0.392. The van der Waals surface area contributed by atoms with Crippen molar-refractivity contribution >= 4 is 23.4 Å². The summed E-state index contributed by atoms with van der Waals surface area (Å²) in [5.41, 5.74) is 2.96. The maximum atomic E-state index is 13.5. The van der Waals surface area contributed by atoms with Gasteiger partial charge in [0.2, 0.25) is 5.91 Å². The Morgan fingerprint density at radius 2 is 1.56 bits per heavy atom. The van der Waals surface area contributed by atoms with Crippen LogP contribution in [-0.2, 0) is 22.6 Å². The van der Waals surface area contributed by atoms with E-state index in [4.69, 9.17) is 16.3 Å². The van der Waals surface area contributed by atoms with Crippen molar-refractivity contribution in [3.63, 3.8) is 0 Å². The molecule has 5 nitrogen and oxygen atoms in total. The van der Waals surface area contributed by atoms with Crippen molar-refractivity contribution in [3.8, 4) is 5.75 Å². The van der Waals surface area contributed by atoms with Crippen LogP contribution in [0.5, 0.6) is 5.75 Å². The van der Waals surface area contributed by atoms with Gasteiger partial charge in [-0.2, -0.15) is 0 Å². The lowest BCUT2D eigenvalue weighted by molar-refractivity contribution is -0.143.